The van der Waals surface area contributed by atoms with Gasteiger partial charge in [-0.15, -0.1) is 0 Å². The summed E-state index contributed by atoms with van der Waals surface area (Å²) in [6.45, 7) is 1.89. The highest BCUT2D eigenvalue weighted by Crippen LogP contribution is 2.20. The highest BCUT2D eigenvalue weighted by atomic mass is 16.2. The van der Waals surface area contributed by atoms with Crippen molar-refractivity contribution in [3.63, 3.8) is 0 Å². The van der Waals surface area contributed by atoms with Crippen LogP contribution in [0.3, 0.4) is 0 Å². The van der Waals surface area contributed by atoms with Crippen LogP contribution in [0.25, 0.3) is 11.1 Å². The Balaban J connectivity index is 1.27. The van der Waals surface area contributed by atoms with Crippen molar-refractivity contribution in [2.24, 2.45) is 0 Å². The molecular formula is C26H27N4O+. The normalized spacial score (nSPS) is 11.8. The van der Waals surface area contributed by atoms with Crippen molar-refractivity contribution in [3.05, 3.63) is 108 Å². The van der Waals surface area contributed by atoms with E-state index in [4.69, 9.17) is 0 Å². The van der Waals surface area contributed by atoms with Crippen molar-refractivity contribution in [3.8, 4) is 11.1 Å². The van der Waals surface area contributed by atoms with E-state index in [1.807, 2.05) is 78.6 Å². The maximum absolute atomic E-state index is 12.5. The van der Waals surface area contributed by atoms with Gasteiger partial charge >= 0.3 is 0 Å². The average molecular weight is 412 g/mol. The Kier molecular flexibility index (Phi) is 6.55. The number of amides is 1. The quantitative estimate of drug-likeness (QED) is 0.468. The zero-order valence-corrected chi connectivity index (χ0v) is 17.7. The largest absolute Gasteiger partial charge is 0.326 e. The summed E-state index contributed by atoms with van der Waals surface area (Å²) in [5.74, 6) is 0.00152. The molecule has 156 valence electrons. The molecule has 1 aromatic heterocycles. The first-order valence-electron chi connectivity index (χ1n) is 10.5. The van der Waals surface area contributed by atoms with Gasteiger partial charge in [0, 0.05) is 17.4 Å². The summed E-state index contributed by atoms with van der Waals surface area (Å²) >= 11 is 0. The number of anilines is 1. The van der Waals surface area contributed by atoms with E-state index in [0.717, 1.165) is 40.4 Å². The fraction of sp³-hybridized carbons (Fsp3) is 0.154. The van der Waals surface area contributed by atoms with Crippen LogP contribution in [0, 0.1) is 0 Å². The molecule has 4 rings (SSSR count). The van der Waals surface area contributed by atoms with Gasteiger partial charge in [0.2, 0.25) is 0 Å². The number of carbonyl (C=O) groups excluding carboxylic acids is 1. The second-order valence-electron chi connectivity index (χ2n) is 7.83. The fourth-order valence-corrected chi connectivity index (χ4v) is 3.62. The summed E-state index contributed by atoms with van der Waals surface area (Å²) in [6.07, 6.45) is 3.93. The molecule has 0 radical (unpaired) electrons. The molecule has 5 heteroatoms. The van der Waals surface area contributed by atoms with Gasteiger partial charge in [-0.05, 0) is 28.8 Å². The summed E-state index contributed by atoms with van der Waals surface area (Å²) in [4.78, 5) is 13.6. The molecule has 4 aromatic rings. The fourth-order valence-electron chi connectivity index (χ4n) is 3.62. The second-order valence-corrected chi connectivity index (χ2v) is 7.83. The first kappa shape index (κ1) is 20.6. The summed E-state index contributed by atoms with van der Waals surface area (Å²) in [5.41, 5.74) is 5.45. The van der Waals surface area contributed by atoms with Crippen molar-refractivity contribution in [1.82, 2.24) is 9.78 Å². The van der Waals surface area contributed by atoms with Gasteiger partial charge in [-0.2, -0.15) is 5.10 Å². The third-order valence-corrected chi connectivity index (χ3v) is 5.12. The van der Waals surface area contributed by atoms with Gasteiger partial charge in [0.25, 0.3) is 5.91 Å². The first-order chi connectivity index (χ1) is 15.2. The lowest BCUT2D eigenvalue weighted by Crippen LogP contribution is -3.08. The van der Waals surface area contributed by atoms with Crippen molar-refractivity contribution in [2.45, 2.75) is 13.1 Å². The zero-order chi connectivity index (χ0) is 21.5. The summed E-state index contributed by atoms with van der Waals surface area (Å²) < 4.78 is 1.94. The molecule has 0 aliphatic carbocycles. The number of benzene rings is 3. The number of hydrogen-bond acceptors (Lipinski definition) is 2. The van der Waals surface area contributed by atoms with Crippen LogP contribution in [0.2, 0.25) is 0 Å². The van der Waals surface area contributed by atoms with E-state index < -0.39 is 0 Å². The molecule has 5 nitrogen and oxygen atoms in total. The maximum Gasteiger partial charge on any atom is 0.279 e. The zero-order valence-electron chi connectivity index (χ0n) is 17.7. The molecule has 1 atom stereocenters. The Bertz CT molecular complexity index is 1110. The summed E-state index contributed by atoms with van der Waals surface area (Å²) in [6, 6.07) is 28.4. The summed E-state index contributed by atoms with van der Waals surface area (Å²) in [5, 5.41) is 7.44. The Hall–Kier alpha value is -3.70. The molecular weight excluding hydrogens is 384 g/mol. The van der Waals surface area contributed by atoms with Gasteiger partial charge in [-0.1, -0.05) is 72.8 Å². The Morgan fingerprint density at radius 3 is 2.23 bits per heavy atom. The third kappa shape index (κ3) is 5.90. The third-order valence-electron chi connectivity index (χ3n) is 5.12. The smallest absolute Gasteiger partial charge is 0.279 e. The van der Waals surface area contributed by atoms with E-state index in [-0.39, 0.29) is 5.91 Å². The van der Waals surface area contributed by atoms with Crippen molar-refractivity contribution in [2.75, 3.05) is 18.9 Å². The molecule has 1 amide bonds. The average Bonchev–Trinajstić information content (AvgIpc) is 3.22. The van der Waals surface area contributed by atoms with Crippen molar-refractivity contribution < 1.29 is 9.69 Å². The molecule has 0 aliphatic heterocycles. The van der Waals surface area contributed by atoms with Crippen LogP contribution in [0.1, 0.15) is 11.1 Å². The van der Waals surface area contributed by atoms with Gasteiger partial charge in [-0.3, -0.25) is 9.48 Å². The lowest BCUT2D eigenvalue weighted by molar-refractivity contribution is -0.885. The number of nitrogens with zero attached hydrogens (tertiary/aromatic N) is 2. The van der Waals surface area contributed by atoms with E-state index in [9.17, 15) is 4.79 Å². The molecule has 0 saturated carbocycles. The van der Waals surface area contributed by atoms with E-state index in [1.54, 1.807) is 0 Å². The molecule has 0 bridgehead atoms. The molecule has 0 spiro atoms. The number of quaternary nitrogens is 1. The Morgan fingerprint density at radius 1 is 0.871 bits per heavy atom. The van der Waals surface area contributed by atoms with Crippen LogP contribution in [-0.4, -0.2) is 29.3 Å². The number of rotatable bonds is 8. The summed E-state index contributed by atoms with van der Waals surface area (Å²) in [7, 11) is 2.02. The van der Waals surface area contributed by atoms with Crippen LogP contribution < -0.4 is 10.2 Å². The lowest BCUT2D eigenvalue weighted by atomic mass is 10.1. The molecule has 1 unspecified atom stereocenters. The standard InChI is InChI=1S/C26H26N4O/c1-29(17-22-16-27-30(19-22)18-21-8-4-2-5-9-21)20-26(31)28-25-14-12-24(13-15-25)23-10-6-3-7-11-23/h2-16,19H,17-18,20H2,1H3,(H,28,31)/p+1. The van der Waals surface area contributed by atoms with Gasteiger partial charge in [0.15, 0.2) is 6.54 Å². The Morgan fingerprint density at radius 2 is 1.52 bits per heavy atom. The minimum atomic E-state index is 0.00152. The van der Waals surface area contributed by atoms with E-state index in [1.165, 1.54) is 5.56 Å². The van der Waals surface area contributed by atoms with E-state index in [2.05, 4.69) is 40.9 Å². The first-order valence-corrected chi connectivity index (χ1v) is 10.5. The van der Waals surface area contributed by atoms with Crippen LogP contribution in [0.15, 0.2) is 97.3 Å². The number of nitrogens with one attached hydrogen (secondary N) is 2. The lowest BCUT2D eigenvalue weighted by Gasteiger charge is -2.13. The Labute approximate surface area is 183 Å². The van der Waals surface area contributed by atoms with Gasteiger partial charge in [-0.25, -0.2) is 0 Å². The molecule has 2 N–H and O–H groups in total. The van der Waals surface area contributed by atoms with Crippen molar-refractivity contribution >= 4 is 11.6 Å². The molecule has 3 aromatic carbocycles. The number of hydrogen-bond donors (Lipinski definition) is 2. The minimum absolute atomic E-state index is 0.00152. The monoisotopic (exact) mass is 411 g/mol. The number of aromatic nitrogens is 2. The number of carbonyl (C=O) groups is 1. The van der Waals surface area contributed by atoms with Crippen LogP contribution in [-0.2, 0) is 17.9 Å². The second kappa shape index (κ2) is 9.87. The van der Waals surface area contributed by atoms with Crippen molar-refractivity contribution in [1.29, 1.82) is 0 Å². The minimum Gasteiger partial charge on any atom is -0.326 e. The van der Waals surface area contributed by atoms with Crippen LogP contribution >= 0.6 is 0 Å². The predicted molar refractivity (Wildman–Crippen MR) is 124 cm³/mol. The van der Waals surface area contributed by atoms with Gasteiger partial charge in [0.05, 0.1) is 19.8 Å². The molecule has 0 saturated heterocycles. The molecule has 31 heavy (non-hydrogen) atoms. The molecule has 0 aliphatic rings. The maximum atomic E-state index is 12.5. The van der Waals surface area contributed by atoms with E-state index >= 15 is 0 Å². The van der Waals surface area contributed by atoms with Crippen LogP contribution in [0.4, 0.5) is 5.69 Å². The molecule has 0 fully saturated rings. The highest BCUT2D eigenvalue weighted by molar-refractivity contribution is 5.91. The highest BCUT2D eigenvalue weighted by Gasteiger charge is 2.12. The number of likely N-dealkylation sites (N-methyl/N-ethyl adjacent to an activating group) is 1. The van der Waals surface area contributed by atoms with Crippen LogP contribution in [0.5, 0.6) is 0 Å². The SMILES string of the molecule is C[NH+](CC(=O)Nc1ccc(-c2ccccc2)cc1)Cc1cnn(Cc2ccccc2)c1. The topological polar surface area (TPSA) is 51.4 Å². The van der Waals surface area contributed by atoms with E-state index in [0.29, 0.717) is 6.54 Å². The molecule has 1 heterocycles. The predicted octanol–water partition coefficient (Wildman–Crippen LogP) is 3.25. The van der Waals surface area contributed by atoms with Gasteiger partial charge < -0.3 is 10.2 Å². The van der Waals surface area contributed by atoms with Gasteiger partial charge in [0.1, 0.15) is 6.54 Å².